The normalized spacial score (nSPS) is 20.1. The molecule has 180 valence electrons. The molecule has 2 saturated heterocycles. The maximum Gasteiger partial charge on any atom is 0.261 e. The Kier molecular flexibility index (Phi) is 6.38. The van der Waals surface area contributed by atoms with E-state index in [1.54, 1.807) is 18.5 Å². The van der Waals surface area contributed by atoms with Crippen LogP contribution in [0.2, 0.25) is 0 Å². The van der Waals surface area contributed by atoms with Crippen molar-refractivity contribution < 1.29 is 14.3 Å². The quantitative estimate of drug-likeness (QED) is 0.648. The van der Waals surface area contributed by atoms with E-state index in [4.69, 9.17) is 15.2 Å². The first kappa shape index (κ1) is 22.6. The van der Waals surface area contributed by atoms with E-state index >= 15 is 0 Å². The van der Waals surface area contributed by atoms with Crippen molar-refractivity contribution in [2.75, 3.05) is 56.2 Å². The molecule has 1 aromatic heterocycles. The number of nitrogens with zero attached hydrogens (tertiary/aromatic N) is 4. The van der Waals surface area contributed by atoms with Crippen molar-refractivity contribution in [1.29, 1.82) is 0 Å². The second kappa shape index (κ2) is 9.60. The molecule has 0 unspecified atom stereocenters. The fourth-order valence-corrected chi connectivity index (χ4v) is 5.06. The van der Waals surface area contributed by atoms with E-state index in [1.165, 1.54) is 6.20 Å². The SMILES string of the molecule is CCN1CCC2(CC1)Cc1cc(NC(=O)/C(=C/N)c3ncccn3)c(N3CCOCC3)cc1O2. The second-order valence-corrected chi connectivity index (χ2v) is 9.08. The number of hydrogen-bond donors (Lipinski definition) is 2. The van der Waals surface area contributed by atoms with Crippen molar-refractivity contribution in [2.24, 2.45) is 5.73 Å². The summed E-state index contributed by atoms with van der Waals surface area (Å²) in [5.41, 5.74) is 8.68. The third-order valence-electron chi connectivity index (χ3n) is 7.05. The van der Waals surface area contributed by atoms with Gasteiger partial charge in [-0.15, -0.1) is 0 Å². The molecule has 9 heteroatoms. The van der Waals surface area contributed by atoms with Crippen LogP contribution >= 0.6 is 0 Å². The number of carbonyl (C=O) groups is 1. The summed E-state index contributed by atoms with van der Waals surface area (Å²) in [6.07, 6.45) is 7.31. The van der Waals surface area contributed by atoms with Gasteiger partial charge in [0.05, 0.1) is 30.2 Å². The Balaban J connectivity index is 1.44. The minimum Gasteiger partial charge on any atom is -0.486 e. The molecule has 2 fully saturated rings. The van der Waals surface area contributed by atoms with Gasteiger partial charge in [0.1, 0.15) is 11.4 Å². The zero-order chi connectivity index (χ0) is 23.5. The first-order chi connectivity index (χ1) is 16.6. The van der Waals surface area contributed by atoms with Crippen molar-refractivity contribution in [2.45, 2.75) is 31.8 Å². The van der Waals surface area contributed by atoms with Gasteiger partial charge in [-0.1, -0.05) is 6.92 Å². The lowest BCUT2D eigenvalue weighted by Gasteiger charge is -2.38. The van der Waals surface area contributed by atoms with Gasteiger partial charge in [0, 0.05) is 75.7 Å². The van der Waals surface area contributed by atoms with Crippen LogP contribution in [-0.4, -0.2) is 72.3 Å². The van der Waals surface area contributed by atoms with Gasteiger partial charge in [0.15, 0.2) is 5.82 Å². The Hall–Kier alpha value is -3.17. The van der Waals surface area contributed by atoms with E-state index in [1.807, 2.05) is 0 Å². The second-order valence-electron chi connectivity index (χ2n) is 9.08. The Morgan fingerprint density at radius 2 is 1.91 bits per heavy atom. The molecule has 0 saturated carbocycles. The van der Waals surface area contributed by atoms with Crippen LogP contribution in [0, 0.1) is 0 Å². The molecular weight excluding hydrogens is 432 g/mol. The molecule has 3 N–H and O–H groups in total. The lowest BCUT2D eigenvalue weighted by atomic mass is 9.87. The highest BCUT2D eigenvalue weighted by Crippen LogP contribution is 2.45. The maximum absolute atomic E-state index is 13.2. The molecular formula is C25H32N6O3. The highest BCUT2D eigenvalue weighted by atomic mass is 16.5. The molecule has 0 atom stereocenters. The minimum atomic E-state index is -0.340. The maximum atomic E-state index is 13.2. The van der Waals surface area contributed by atoms with Crippen LogP contribution in [0.25, 0.3) is 5.57 Å². The number of anilines is 2. The van der Waals surface area contributed by atoms with E-state index in [0.29, 0.717) is 19.0 Å². The predicted octanol–water partition coefficient (Wildman–Crippen LogP) is 2.04. The monoisotopic (exact) mass is 464 g/mol. The third kappa shape index (κ3) is 4.45. The number of morpholine rings is 1. The zero-order valence-electron chi connectivity index (χ0n) is 19.6. The van der Waals surface area contributed by atoms with E-state index in [9.17, 15) is 4.79 Å². The van der Waals surface area contributed by atoms with Crippen molar-refractivity contribution >= 4 is 22.9 Å². The fourth-order valence-electron chi connectivity index (χ4n) is 5.06. The standard InChI is InChI=1S/C25H32N6O3/c1-2-30-8-4-25(5-9-30)16-18-14-20(21(15-22(18)34-25)31-10-12-33-13-11-31)29-24(32)19(17-26)23-27-6-3-7-28-23/h3,6-7,14-15,17H,2,4-5,8-13,16,26H2,1H3,(H,29,32)/b19-17+. The molecule has 1 aromatic carbocycles. The van der Waals surface area contributed by atoms with Gasteiger partial charge in [-0.25, -0.2) is 9.97 Å². The number of aromatic nitrogens is 2. The Bertz CT molecular complexity index is 1060. The van der Waals surface area contributed by atoms with Crippen LogP contribution < -0.4 is 20.7 Å². The first-order valence-electron chi connectivity index (χ1n) is 12.0. The van der Waals surface area contributed by atoms with E-state index in [2.05, 4.69) is 44.1 Å². The summed E-state index contributed by atoms with van der Waals surface area (Å²) in [7, 11) is 0. The lowest BCUT2D eigenvalue weighted by Crippen LogP contribution is -2.47. The van der Waals surface area contributed by atoms with Crippen molar-refractivity contribution in [3.05, 3.63) is 48.2 Å². The molecule has 3 aliphatic heterocycles. The molecule has 1 spiro atoms. The highest BCUT2D eigenvalue weighted by Gasteiger charge is 2.42. The summed E-state index contributed by atoms with van der Waals surface area (Å²) in [4.78, 5) is 26.3. The third-order valence-corrected chi connectivity index (χ3v) is 7.05. The van der Waals surface area contributed by atoms with Crippen molar-refractivity contribution in [1.82, 2.24) is 14.9 Å². The van der Waals surface area contributed by atoms with Gasteiger partial charge in [-0.2, -0.15) is 0 Å². The van der Waals surface area contributed by atoms with E-state index in [0.717, 1.165) is 74.7 Å². The fraction of sp³-hybridized carbons (Fsp3) is 0.480. The van der Waals surface area contributed by atoms with Crippen LogP contribution in [-0.2, 0) is 16.0 Å². The largest absolute Gasteiger partial charge is 0.486 e. The predicted molar refractivity (Wildman–Crippen MR) is 131 cm³/mol. The highest BCUT2D eigenvalue weighted by molar-refractivity contribution is 6.24. The molecule has 9 nitrogen and oxygen atoms in total. The Morgan fingerprint density at radius 3 is 2.59 bits per heavy atom. The topological polar surface area (TPSA) is 106 Å². The number of hydrogen-bond acceptors (Lipinski definition) is 8. The van der Waals surface area contributed by atoms with Crippen LogP contribution in [0.3, 0.4) is 0 Å². The van der Waals surface area contributed by atoms with Crippen LogP contribution in [0.1, 0.15) is 31.2 Å². The Labute approximate surface area is 199 Å². The minimum absolute atomic E-state index is 0.154. The number of benzene rings is 1. The van der Waals surface area contributed by atoms with Gasteiger partial charge in [-0.05, 0) is 18.7 Å². The van der Waals surface area contributed by atoms with E-state index in [-0.39, 0.29) is 17.1 Å². The molecule has 3 aliphatic rings. The van der Waals surface area contributed by atoms with Gasteiger partial charge in [-0.3, -0.25) is 4.79 Å². The molecule has 0 bridgehead atoms. The number of likely N-dealkylation sites (tertiary alicyclic amines) is 1. The number of fused-ring (bicyclic) bond motifs is 1. The smallest absolute Gasteiger partial charge is 0.261 e. The summed E-state index contributed by atoms with van der Waals surface area (Å²) < 4.78 is 12.2. The lowest BCUT2D eigenvalue weighted by molar-refractivity contribution is -0.111. The number of nitrogens with two attached hydrogens (primary N) is 1. The summed E-state index contributed by atoms with van der Waals surface area (Å²) in [5, 5.41) is 3.08. The summed E-state index contributed by atoms with van der Waals surface area (Å²) in [6.45, 7) is 8.16. The van der Waals surface area contributed by atoms with Crippen LogP contribution in [0.5, 0.6) is 5.75 Å². The number of piperidine rings is 1. The van der Waals surface area contributed by atoms with Gasteiger partial charge >= 0.3 is 0 Å². The first-order valence-corrected chi connectivity index (χ1v) is 12.0. The van der Waals surface area contributed by atoms with Crippen LogP contribution in [0.15, 0.2) is 36.8 Å². The summed E-state index contributed by atoms with van der Waals surface area (Å²) >= 11 is 0. The zero-order valence-corrected chi connectivity index (χ0v) is 19.6. The number of amides is 1. The number of ether oxygens (including phenoxy) is 2. The van der Waals surface area contributed by atoms with Gasteiger partial charge in [0.2, 0.25) is 0 Å². The molecule has 4 heterocycles. The molecule has 34 heavy (non-hydrogen) atoms. The van der Waals surface area contributed by atoms with Gasteiger partial charge in [0.25, 0.3) is 5.91 Å². The van der Waals surface area contributed by atoms with Gasteiger partial charge < -0.3 is 30.3 Å². The molecule has 5 rings (SSSR count). The average Bonchev–Trinajstić information content (AvgIpc) is 3.22. The molecule has 0 aliphatic carbocycles. The Morgan fingerprint density at radius 1 is 1.18 bits per heavy atom. The molecule has 1 amide bonds. The summed E-state index contributed by atoms with van der Waals surface area (Å²) in [5.74, 6) is 0.875. The number of nitrogens with one attached hydrogen (secondary N) is 1. The number of carbonyl (C=O) groups excluding carboxylic acids is 1. The summed E-state index contributed by atoms with van der Waals surface area (Å²) in [6, 6.07) is 5.86. The average molecular weight is 465 g/mol. The molecule has 0 radical (unpaired) electrons. The molecule has 2 aromatic rings. The van der Waals surface area contributed by atoms with Crippen LogP contribution in [0.4, 0.5) is 11.4 Å². The van der Waals surface area contributed by atoms with Crippen molar-refractivity contribution in [3.8, 4) is 5.75 Å². The van der Waals surface area contributed by atoms with E-state index < -0.39 is 0 Å². The number of rotatable bonds is 5. The van der Waals surface area contributed by atoms with Crippen molar-refractivity contribution in [3.63, 3.8) is 0 Å².